The van der Waals surface area contributed by atoms with Crippen LogP contribution in [0.2, 0.25) is 0 Å². The minimum atomic E-state index is 0.201. The van der Waals surface area contributed by atoms with Crippen molar-refractivity contribution in [2.75, 3.05) is 26.2 Å². The molecular formula is C21H30N4O3. The molecule has 1 spiro atoms. The van der Waals surface area contributed by atoms with Gasteiger partial charge in [-0.15, -0.1) is 10.2 Å². The molecule has 0 N–H and O–H groups in total. The Bertz CT molecular complexity index is 785. The normalized spacial score (nSPS) is 23.8. The highest BCUT2D eigenvalue weighted by molar-refractivity contribution is 5.77. The Morgan fingerprint density at radius 2 is 2.14 bits per heavy atom. The number of piperidine rings is 2. The summed E-state index contributed by atoms with van der Waals surface area (Å²) in [7, 11) is 0. The van der Waals surface area contributed by atoms with Crippen LogP contribution >= 0.6 is 0 Å². The molecule has 0 unspecified atom stereocenters. The number of rotatable bonds is 6. The molecule has 152 valence electrons. The number of likely N-dealkylation sites (tertiary alicyclic amines) is 2. The van der Waals surface area contributed by atoms with Gasteiger partial charge in [-0.1, -0.05) is 13.8 Å². The first-order valence-corrected chi connectivity index (χ1v) is 10.4. The molecule has 4 heterocycles. The Kier molecular flexibility index (Phi) is 5.53. The fourth-order valence-electron chi connectivity index (χ4n) is 4.51. The molecule has 1 amide bonds. The van der Waals surface area contributed by atoms with Gasteiger partial charge in [0, 0.05) is 31.5 Å². The molecule has 7 heteroatoms. The van der Waals surface area contributed by atoms with Crippen LogP contribution < -0.4 is 0 Å². The molecule has 2 aromatic rings. The van der Waals surface area contributed by atoms with E-state index < -0.39 is 0 Å². The van der Waals surface area contributed by atoms with Gasteiger partial charge in [0.25, 0.3) is 5.89 Å². The Balaban J connectivity index is 1.39. The summed E-state index contributed by atoms with van der Waals surface area (Å²) in [6.07, 6.45) is 6.67. The zero-order chi connectivity index (χ0) is 19.6. The lowest BCUT2D eigenvalue weighted by Crippen LogP contribution is -2.54. The molecular weight excluding hydrogens is 356 g/mol. The minimum absolute atomic E-state index is 0.201. The predicted molar refractivity (Wildman–Crippen MR) is 104 cm³/mol. The second kappa shape index (κ2) is 8.07. The van der Waals surface area contributed by atoms with E-state index in [1.165, 1.54) is 6.42 Å². The van der Waals surface area contributed by atoms with Crippen molar-refractivity contribution in [3.05, 3.63) is 24.3 Å². The van der Waals surface area contributed by atoms with Crippen molar-refractivity contribution >= 4 is 5.91 Å². The number of hydrogen-bond donors (Lipinski definition) is 0. The molecule has 7 nitrogen and oxygen atoms in total. The highest BCUT2D eigenvalue weighted by Gasteiger charge is 2.41. The number of carbonyl (C=O) groups is 1. The molecule has 1 atom stereocenters. The number of carbonyl (C=O) groups excluding carboxylic acids is 1. The van der Waals surface area contributed by atoms with E-state index in [9.17, 15) is 4.79 Å². The summed E-state index contributed by atoms with van der Waals surface area (Å²) in [5.41, 5.74) is 0.201. The third-order valence-corrected chi connectivity index (χ3v) is 6.02. The maximum atomic E-state index is 12.4. The molecule has 2 aliphatic heterocycles. The summed E-state index contributed by atoms with van der Waals surface area (Å²) in [4.78, 5) is 16.9. The number of aromatic nitrogens is 2. The van der Waals surface area contributed by atoms with E-state index in [0.717, 1.165) is 45.4 Å². The monoisotopic (exact) mass is 386 g/mol. The quantitative estimate of drug-likeness (QED) is 0.755. The van der Waals surface area contributed by atoms with Gasteiger partial charge >= 0.3 is 0 Å². The van der Waals surface area contributed by atoms with E-state index in [4.69, 9.17) is 8.83 Å². The number of amides is 1. The molecule has 4 rings (SSSR count). The van der Waals surface area contributed by atoms with Gasteiger partial charge in [0.1, 0.15) is 0 Å². The van der Waals surface area contributed by atoms with Crippen molar-refractivity contribution in [2.45, 2.75) is 52.5 Å². The third-order valence-electron chi connectivity index (χ3n) is 6.02. The second-order valence-corrected chi connectivity index (χ2v) is 8.79. The molecule has 2 aromatic heterocycles. The molecule has 0 bridgehead atoms. The zero-order valence-corrected chi connectivity index (χ0v) is 16.9. The fraction of sp³-hybridized carbons (Fsp3) is 0.667. The lowest BCUT2D eigenvalue weighted by Gasteiger charge is -2.48. The highest BCUT2D eigenvalue weighted by atomic mass is 16.4. The summed E-state index contributed by atoms with van der Waals surface area (Å²) in [6.45, 7) is 8.86. The van der Waals surface area contributed by atoms with Crippen LogP contribution in [0.5, 0.6) is 0 Å². The van der Waals surface area contributed by atoms with Gasteiger partial charge in [0.05, 0.1) is 12.8 Å². The molecule has 0 aliphatic carbocycles. The lowest BCUT2D eigenvalue weighted by atomic mass is 9.73. The van der Waals surface area contributed by atoms with Crippen LogP contribution in [-0.2, 0) is 11.3 Å². The van der Waals surface area contributed by atoms with Crippen LogP contribution in [-0.4, -0.2) is 52.1 Å². The standard InChI is InChI=1S/C21H30N4O3/c1-16(2)7-11-25-15-21(9-6-19(25)26)8-4-10-24(14-21)13-18-22-23-20(28-18)17-5-3-12-27-17/h3,5,12,16H,4,6-11,13-15H2,1-2H3/t21-/m0/s1. The Morgan fingerprint density at radius 1 is 1.25 bits per heavy atom. The fourth-order valence-corrected chi connectivity index (χ4v) is 4.51. The van der Waals surface area contributed by atoms with Gasteiger partial charge in [-0.25, -0.2) is 0 Å². The number of furan rings is 1. The molecule has 0 aromatic carbocycles. The van der Waals surface area contributed by atoms with E-state index in [1.54, 1.807) is 6.26 Å². The highest BCUT2D eigenvalue weighted by Crippen LogP contribution is 2.39. The van der Waals surface area contributed by atoms with Crippen LogP contribution in [0.15, 0.2) is 27.2 Å². The summed E-state index contributed by atoms with van der Waals surface area (Å²) in [6, 6.07) is 3.63. The molecule has 2 aliphatic rings. The number of hydrogen-bond acceptors (Lipinski definition) is 6. The van der Waals surface area contributed by atoms with Crippen LogP contribution in [0, 0.1) is 11.3 Å². The Morgan fingerprint density at radius 3 is 2.93 bits per heavy atom. The van der Waals surface area contributed by atoms with Gasteiger partial charge in [0.15, 0.2) is 5.76 Å². The molecule has 0 radical (unpaired) electrons. The van der Waals surface area contributed by atoms with Crippen molar-refractivity contribution in [3.8, 4) is 11.7 Å². The van der Waals surface area contributed by atoms with Gasteiger partial charge in [-0.2, -0.15) is 0 Å². The largest absolute Gasteiger partial charge is 0.459 e. The molecule has 2 fully saturated rings. The Hall–Kier alpha value is -2.15. The van der Waals surface area contributed by atoms with Crippen molar-refractivity contribution < 1.29 is 13.6 Å². The SMILES string of the molecule is CC(C)CCN1C[C@@]2(CCCN(Cc3nnc(-c4ccco4)o3)C2)CCC1=O. The maximum absolute atomic E-state index is 12.4. The Labute approximate surface area is 166 Å². The van der Waals surface area contributed by atoms with Crippen LogP contribution in [0.3, 0.4) is 0 Å². The first kappa shape index (κ1) is 19.2. The van der Waals surface area contributed by atoms with Gasteiger partial charge in [-0.05, 0) is 50.3 Å². The van der Waals surface area contributed by atoms with Crippen molar-refractivity contribution in [2.24, 2.45) is 11.3 Å². The predicted octanol–water partition coefficient (Wildman–Crippen LogP) is 3.58. The first-order valence-electron chi connectivity index (χ1n) is 10.4. The average Bonchev–Trinajstić information content (AvgIpc) is 3.34. The molecule has 28 heavy (non-hydrogen) atoms. The molecule has 2 saturated heterocycles. The van der Waals surface area contributed by atoms with Crippen molar-refractivity contribution in [1.29, 1.82) is 0 Å². The van der Waals surface area contributed by atoms with Gasteiger partial charge in [-0.3, -0.25) is 9.69 Å². The van der Waals surface area contributed by atoms with Crippen molar-refractivity contribution in [1.82, 2.24) is 20.0 Å². The van der Waals surface area contributed by atoms with E-state index >= 15 is 0 Å². The van der Waals surface area contributed by atoms with E-state index in [2.05, 4.69) is 33.8 Å². The van der Waals surface area contributed by atoms with E-state index in [1.807, 2.05) is 12.1 Å². The second-order valence-electron chi connectivity index (χ2n) is 8.79. The summed E-state index contributed by atoms with van der Waals surface area (Å²) >= 11 is 0. The zero-order valence-electron chi connectivity index (χ0n) is 16.9. The van der Waals surface area contributed by atoms with Crippen LogP contribution in [0.1, 0.15) is 51.8 Å². The average molecular weight is 386 g/mol. The first-order chi connectivity index (χ1) is 13.5. The van der Waals surface area contributed by atoms with Crippen LogP contribution in [0.25, 0.3) is 11.7 Å². The summed E-state index contributed by atoms with van der Waals surface area (Å²) in [5, 5.41) is 8.29. The summed E-state index contributed by atoms with van der Waals surface area (Å²) < 4.78 is 11.1. The summed E-state index contributed by atoms with van der Waals surface area (Å²) in [5.74, 6) is 2.58. The third kappa shape index (κ3) is 4.29. The van der Waals surface area contributed by atoms with E-state index in [-0.39, 0.29) is 5.41 Å². The lowest BCUT2D eigenvalue weighted by molar-refractivity contribution is -0.139. The number of nitrogens with zero attached hydrogens (tertiary/aromatic N) is 4. The topological polar surface area (TPSA) is 75.6 Å². The van der Waals surface area contributed by atoms with Gasteiger partial charge in [0.2, 0.25) is 11.8 Å². The van der Waals surface area contributed by atoms with Gasteiger partial charge < -0.3 is 13.7 Å². The van der Waals surface area contributed by atoms with Crippen molar-refractivity contribution in [3.63, 3.8) is 0 Å². The molecule has 0 saturated carbocycles. The van der Waals surface area contributed by atoms with Crippen LogP contribution in [0.4, 0.5) is 0 Å². The maximum Gasteiger partial charge on any atom is 0.283 e. The van der Waals surface area contributed by atoms with E-state index in [0.29, 0.717) is 42.3 Å². The minimum Gasteiger partial charge on any atom is -0.459 e. The smallest absolute Gasteiger partial charge is 0.283 e.